The average molecular weight is 396 g/mol. The average Bonchev–Trinajstić information content (AvgIpc) is 3.15. The maximum absolute atomic E-state index is 12.6. The minimum Gasteiger partial charge on any atom is -0.454 e. The summed E-state index contributed by atoms with van der Waals surface area (Å²) in [5, 5.41) is 6.17. The lowest BCUT2D eigenvalue weighted by molar-refractivity contribution is -0.115. The fourth-order valence-corrected chi connectivity index (χ4v) is 3.43. The summed E-state index contributed by atoms with van der Waals surface area (Å²) >= 11 is 0. The van der Waals surface area contributed by atoms with Gasteiger partial charge in [0.1, 0.15) is 0 Å². The summed E-state index contributed by atoms with van der Waals surface area (Å²) in [6, 6.07) is 11.8. The van der Waals surface area contributed by atoms with Crippen molar-refractivity contribution < 1.29 is 19.1 Å². The maximum atomic E-state index is 12.6. The summed E-state index contributed by atoms with van der Waals surface area (Å²) in [5.74, 6) is 0.981. The number of benzene rings is 2. The van der Waals surface area contributed by atoms with Crippen LogP contribution in [0.3, 0.4) is 0 Å². The Morgan fingerprint density at radius 2 is 1.72 bits per heavy atom. The van der Waals surface area contributed by atoms with Gasteiger partial charge in [0.25, 0.3) is 0 Å². The van der Waals surface area contributed by atoms with E-state index in [1.165, 1.54) is 12.5 Å². The van der Waals surface area contributed by atoms with Crippen LogP contribution in [0.5, 0.6) is 11.5 Å². The lowest BCUT2D eigenvalue weighted by Gasteiger charge is -2.23. The molecule has 2 N–H and O–H groups in total. The molecule has 6 nitrogen and oxygen atoms in total. The lowest BCUT2D eigenvalue weighted by atomic mass is 9.95. The molecule has 0 unspecified atom stereocenters. The molecule has 154 valence electrons. The second kappa shape index (κ2) is 9.09. The molecule has 3 rings (SSSR count). The van der Waals surface area contributed by atoms with Gasteiger partial charge in [0.05, 0.1) is 12.2 Å². The number of carbonyl (C=O) groups excluding carboxylic acids is 2. The SMILES string of the molecule is CCc1ccc([C@H](NCC(=O)Nc2cc3c(cc2C(C)=O)OCO3)C(C)C)cc1. The molecule has 0 spiro atoms. The Balaban J connectivity index is 1.69. The van der Waals surface area contributed by atoms with Gasteiger partial charge in [-0.1, -0.05) is 45.0 Å². The van der Waals surface area contributed by atoms with Crippen LogP contribution in [-0.4, -0.2) is 25.0 Å². The van der Waals surface area contributed by atoms with E-state index in [9.17, 15) is 9.59 Å². The predicted octanol–water partition coefficient (Wildman–Crippen LogP) is 4.11. The van der Waals surface area contributed by atoms with Crippen LogP contribution in [0.15, 0.2) is 36.4 Å². The highest BCUT2D eigenvalue weighted by Gasteiger charge is 2.21. The zero-order valence-corrected chi connectivity index (χ0v) is 17.4. The van der Waals surface area contributed by atoms with Crippen LogP contribution >= 0.6 is 0 Å². The highest BCUT2D eigenvalue weighted by Crippen LogP contribution is 2.37. The van der Waals surface area contributed by atoms with E-state index in [2.05, 4.69) is 55.7 Å². The Labute approximate surface area is 171 Å². The molecule has 2 aromatic rings. The first-order valence-electron chi connectivity index (χ1n) is 9.95. The van der Waals surface area contributed by atoms with E-state index >= 15 is 0 Å². The molecule has 1 amide bonds. The first-order valence-corrected chi connectivity index (χ1v) is 9.95. The minimum absolute atomic E-state index is 0.0516. The standard InChI is InChI=1S/C23H28N2O4/c1-5-16-6-8-17(9-7-16)23(14(2)3)24-12-22(27)25-19-11-21-20(28-13-29-21)10-18(19)15(4)26/h6-11,14,23-24H,5,12-13H2,1-4H3,(H,25,27)/t23-/m1/s1. The molecule has 6 heteroatoms. The van der Waals surface area contributed by atoms with Crippen LogP contribution in [0.1, 0.15) is 55.2 Å². The van der Waals surface area contributed by atoms with Gasteiger partial charge >= 0.3 is 0 Å². The van der Waals surface area contributed by atoms with Gasteiger partial charge in [-0.3, -0.25) is 9.59 Å². The highest BCUT2D eigenvalue weighted by atomic mass is 16.7. The lowest BCUT2D eigenvalue weighted by Crippen LogP contribution is -2.34. The molecule has 0 saturated heterocycles. The normalized spacial score (nSPS) is 13.4. The molecule has 0 aromatic heterocycles. The molecule has 0 radical (unpaired) electrons. The van der Waals surface area contributed by atoms with Gasteiger partial charge in [-0.15, -0.1) is 0 Å². The van der Waals surface area contributed by atoms with Crippen molar-refractivity contribution in [3.63, 3.8) is 0 Å². The number of rotatable bonds is 8. The number of Topliss-reactive ketones (excluding diaryl/α,β-unsaturated/α-hetero) is 1. The van der Waals surface area contributed by atoms with E-state index in [-0.39, 0.29) is 31.1 Å². The van der Waals surface area contributed by atoms with E-state index in [4.69, 9.17) is 9.47 Å². The minimum atomic E-state index is -0.220. The van der Waals surface area contributed by atoms with Gasteiger partial charge in [0.2, 0.25) is 12.7 Å². The number of nitrogens with one attached hydrogen (secondary N) is 2. The van der Waals surface area contributed by atoms with Gasteiger partial charge in [-0.2, -0.15) is 0 Å². The number of amides is 1. The number of ketones is 1. The molecule has 1 aliphatic rings. The van der Waals surface area contributed by atoms with E-state index < -0.39 is 0 Å². The molecule has 2 aromatic carbocycles. The van der Waals surface area contributed by atoms with Gasteiger partial charge in [-0.25, -0.2) is 0 Å². The number of hydrogen-bond acceptors (Lipinski definition) is 5. The van der Waals surface area contributed by atoms with Crippen molar-refractivity contribution >= 4 is 17.4 Å². The van der Waals surface area contributed by atoms with Crippen molar-refractivity contribution in [1.82, 2.24) is 5.32 Å². The Morgan fingerprint density at radius 3 is 2.31 bits per heavy atom. The van der Waals surface area contributed by atoms with Crippen LogP contribution in [0, 0.1) is 5.92 Å². The fraction of sp³-hybridized carbons (Fsp3) is 0.391. The third-order valence-electron chi connectivity index (χ3n) is 5.06. The molecule has 0 saturated carbocycles. The van der Waals surface area contributed by atoms with Crippen LogP contribution in [0.2, 0.25) is 0 Å². The maximum Gasteiger partial charge on any atom is 0.238 e. The summed E-state index contributed by atoms with van der Waals surface area (Å²) in [6.07, 6.45) is 0.997. The first kappa shape index (κ1) is 20.9. The van der Waals surface area contributed by atoms with Crippen molar-refractivity contribution in [1.29, 1.82) is 0 Å². The summed E-state index contributed by atoms with van der Waals surface area (Å²) in [7, 11) is 0. The molecule has 1 aliphatic heterocycles. The number of fused-ring (bicyclic) bond motifs is 1. The second-order valence-electron chi connectivity index (χ2n) is 7.55. The molecule has 1 atom stereocenters. The Kier molecular flexibility index (Phi) is 6.54. The van der Waals surface area contributed by atoms with Gasteiger partial charge in [0.15, 0.2) is 17.3 Å². The zero-order chi connectivity index (χ0) is 21.0. The molecule has 1 heterocycles. The van der Waals surface area contributed by atoms with Gasteiger partial charge in [-0.05, 0) is 36.5 Å². The summed E-state index contributed by atoms with van der Waals surface area (Å²) in [4.78, 5) is 24.6. The Hall–Kier alpha value is -2.86. The van der Waals surface area contributed by atoms with Gasteiger partial charge < -0.3 is 20.1 Å². The van der Waals surface area contributed by atoms with Crippen molar-refractivity contribution in [2.45, 2.75) is 40.2 Å². The second-order valence-corrected chi connectivity index (χ2v) is 7.55. The third kappa shape index (κ3) is 4.95. The first-order chi connectivity index (χ1) is 13.9. The quantitative estimate of drug-likeness (QED) is 0.657. The fourth-order valence-electron chi connectivity index (χ4n) is 3.43. The molecule has 0 fully saturated rings. The number of carbonyl (C=O) groups is 2. The van der Waals surface area contributed by atoms with Crippen LogP contribution in [-0.2, 0) is 11.2 Å². The topological polar surface area (TPSA) is 76.7 Å². The van der Waals surface area contributed by atoms with E-state index in [1.54, 1.807) is 12.1 Å². The largest absolute Gasteiger partial charge is 0.454 e. The van der Waals surface area contributed by atoms with E-state index in [0.29, 0.717) is 28.7 Å². The van der Waals surface area contributed by atoms with Crippen LogP contribution < -0.4 is 20.1 Å². The summed E-state index contributed by atoms with van der Waals surface area (Å²) in [6.45, 7) is 8.07. The zero-order valence-electron chi connectivity index (χ0n) is 17.4. The number of anilines is 1. The van der Waals surface area contributed by atoms with Gasteiger partial charge in [0, 0.05) is 17.7 Å². The molecule has 0 aliphatic carbocycles. The summed E-state index contributed by atoms with van der Waals surface area (Å²) < 4.78 is 10.7. The van der Waals surface area contributed by atoms with E-state index in [1.807, 2.05) is 0 Å². The third-order valence-corrected chi connectivity index (χ3v) is 5.06. The predicted molar refractivity (Wildman–Crippen MR) is 113 cm³/mol. The number of aryl methyl sites for hydroxylation is 1. The van der Waals surface area contributed by atoms with Crippen LogP contribution in [0.4, 0.5) is 5.69 Å². The molecule has 0 bridgehead atoms. The molecule has 29 heavy (non-hydrogen) atoms. The monoisotopic (exact) mass is 396 g/mol. The Bertz CT molecular complexity index is 890. The smallest absolute Gasteiger partial charge is 0.238 e. The molecular weight excluding hydrogens is 368 g/mol. The van der Waals surface area contributed by atoms with Crippen LogP contribution in [0.25, 0.3) is 0 Å². The highest BCUT2D eigenvalue weighted by molar-refractivity contribution is 6.05. The number of ether oxygens (including phenoxy) is 2. The van der Waals surface area contributed by atoms with Crippen molar-refractivity contribution in [2.75, 3.05) is 18.7 Å². The Morgan fingerprint density at radius 1 is 1.07 bits per heavy atom. The van der Waals surface area contributed by atoms with Crippen molar-refractivity contribution in [2.24, 2.45) is 5.92 Å². The van der Waals surface area contributed by atoms with Crippen molar-refractivity contribution in [3.05, 3.63) is 53.1 Å². The van der Waals surface area contributed by atoms with Crippen molar-refractivity contribution in [3.8, 4) is 11.5 Å². The summed E-state index contributed by atoms with van der Waals surface area (Å²) in [5.41, 5.74) is 3.27. The number of hydrogen-bond donors (Lipinski definition) is 2. The molecular formula is C23H28N2O4. The van der Waals surface area contributed by atoms with E-state index in [0.717, 1.165) is 12.0 Å².